The highest BCUT2D eigenvalue weighted by atomic mass is 16.4. The lowest BCUT2D eigenvalue weighted by Gasteiger charge is -2.09. The molecule has 0 bridgehead atoms. The Kier molecular flexibility index (Phi) is 4.32. The predicted molar refractivity (Wildman–Crippen MR) is 94.0 cm³/mol. The zero-order valence-electron chi connectivity index (χ0n) is 13.3. The highest BCUT2D eigenvalue weighted by molar-refractivity contribution is 5.80. The molecule has 1 heterocycles. The molecule has 0 spiro atoms. The number of hydrogen-bond donors (Lipinski definition) is 4. The molecule has 0 aliphatic heterocycles. The molecule has 1 aromatic heterocycles. The molecule has 8 heteroatoms. The Hall–Kier alpha value is -3.81. The van der Waals surface area contributed by atoms with E-state index in [-0.39, 0.29) is 34.0 Å². The number of carbonyl (C=O) groups is 1. The number of benzene rings is 2. The van der Waals surface area contributed by atoms with Crippen LogP contribution in [-0.4, -0.2) is 35.9 Å². The molecule has 0 amide bonds. The molecule has 3 rings (SSSR count). The SMILES string of the molecule is O=C(O)Cn1c(=O)c(/C=C/c2ccc(O)c(O)c2)nc2cc(O)ccc21. The van der Waals surface area contributed by atoms with E-state index in [4.69, 9.17) is 5.11 Å². The number of carboxylic acids is 1. The van der Waals surface area contributed by atoms with Gasteiger partial charge in [-0.25, -0.2) is 4.98 Å². The summed E-state index contributed by atoms with van der Waals surface area (Å²) in [6.45, 7) is -0.552. The number of rotatable bonds is 4. The standard InChI is InChI=1S/C18H14N2O6/c21-11-3-5-14-13(8-11)19-12(18(26)20(14)9-17(24)25)4-1-10-2-6-15(22)16(23)7-10/h1-8,21-23H,9H2,(H,24,25)/b4-1+. The topological polar surface area (TPSA) is 133 Å². The molecule has 0 saturated carbocycles. The van der Waals surface area contributed by atoms with Gasteiger partial charge in [-0.1, -0.05) is 12.1 Å². The van der Waals surface area contributed by atoms with Gasteiger partial charge in [0.15, 0.2) is 11.5 Å². The van der Waals surface area contributed by atoms with Gasteiger partial charge in [-0.15, -0.1) is 0 Å². The van der Waals surface area contributed by atoms with Gasteiger partial charge < -0.3 is 20.4 Å². The number of phenolic OH excluding ortho intramolecular Hbond substituents is 3. The van der Waals surface area contributed by atoms with E-state index >= 15 is 0 Å². The highest BCUT2D eigenvalue weighted by Crippen LogP contribution is 2.25. The summed E-state index contributed by atoms with van der Waals surface area (Å²) in [5, 5.41) is 37.5. The fourth-order valence-electron chi connectivity index (χ4n) is 2.47. The van der Waals surface area contributed by atoms with Crippen molar-refractivity contribution in [2.24, 2.45) is 0 Å². The van der Waals surface area contributed by atoms with E-state index in [2.05, 4.69) is 4.98 Å². The molecule has 2 aromatic carbocycles. The molecule has 3 aromatic rings. The minimum absolute atomic E-state index is 0.0306. The van der Waals surface area contributed by atoms with Crippen LogP contribution in [0.1, 0.15) is 11.3 Å². The van der Waals surface area contributed by atoms with Crippen LogP contribution in [0.25, 0.3) is 23.2 Å². The first kappa shape index (κ1) is 17.0. The van der Waals surface area contributed by atoms with Crippen LogP contribution in [0.3, 0.4) is 0 Å². The number of fused-ring (bicyclic) bond motifs is 1. The summed E-state index contributed by atoms with van der Waals surface area (Å²) in [7, 11) is 0. The van der Waals surface area contributed by atoms with Gasteiger partial charge in [0.25, 0.3) is 5.56 Å². The van der Waals surface area contributed by atoms with Gasteiger partial charge in [-0.3, -0.25) is 14.2 Å². The quantitative estimate of drug-likeness (QED) is 0.525. The van der Waals surface area contributed by atoms with Gasteiger partial charge in [0.2, 0.25) is 0 Å². The lowest BCUT2D eigenvalue weighted by atomic mass is 10.1. The van der Waals surface area contributed by atoms with E-state index in [1.165, 1.54) is 48.6 Å². The van der Waals surface area contributed by atoms with Gasteiger partial charge in [0, 0.05) is 6.07 Å². The molecular formula is C18H14N2O6. The number of aliphatic carboxylic acids is 1. The first-order valence-corrected chi connectivity index (χ1v) is 7.50. The fraction of sp³-hybridized carbons (Fsp3) is 0.0556. The monoisotopic (exact) mass is 354 g/mol. The van der Waals surface area contributed by atoms with Crippen LogP contribution >= 0.6 is 0 Å². The molecule has 26 heavy (non-hydrogen) atoms. The van der Waals surface area contributed by atoms with Crippen molar-refractivity contribution >= 4 is 29.2 Å². The maximum atomic E-state index is 12.6. The first-order valence-electron chi connectivity index (χ1n) is 7.50. The molecular weight excluding hydrogens is 340 g/mol. The summed E-state index contributed by atoms with van der Waals surface area (Å²) in [5.41, 5.74) is 0.415. The maximum Gasteiger partial charge on any atom is 0.323 e. The summed E-state index contributed by atoms with van der Waals surface area (Å²) in [5.74, 6) is -1.84. The van der Waals surface area contributed by atoms with Crippen molar-refractivity contribution in [1.29, 1.82) is 0 Å². The average Bonchev–Trinajstić information content (AvgIpc) is 2.58. The number of hydrogen-bond acceptors (Lipinski definition) is 6. The summed E-state index contributed by atoms with van der Waals surface area (Å²) in [6.07, 6.45) is 2.86. The van der Waals surface area contributed by atoms with E-state index in [9.17, 15) is 24.9 Å². The Bertz CT molecular complexity index is 1100. The average molecular weight is 354 g/mol. The number of aromatic nitrogens is 2. The van der Waals surface area contributed by atoms with E-state index in [1.54, 1.807) is 0 Å². The maximum absolute atomic E-state index is 12.6. The van der Waals surface area contributed by atoms with Crippen molar-refractivity contribution < 1.29 is 25.2 Å². The van der Waals surface area contributed by atoms with Crippen LogP contribution in [0.5, 0.6) is 17.2 Å². The molecule has 0 aliphatic carbocycles. The van der Waals surface area contributed by atoms with Crippen molar-refractivity contribution in [3.63, 3.8) is 0 Å². The normalized spacial score (nSPS) is 11.2. The summed E-state index contributed by atoms with van der Waals surface area (Å²) < 4.78 is 1.05. The zero-order chi connectivity index (χ0) is 18.8. The largest absolute Gasteiger partial charge is 0.508 e. The third kappa shape index (κ3) is 3.34. The van der Waals surface area contributed by atoms with Crippen molar-refractivity contribution in [2.45, 2.75) is 6.54 Å². The summed E-state index contributed by atoms with van der Waals surface area (Å²) in [4.78, 5) is 27.8. The Morgan fingerprint density at radius 3 is 2.50 bits per heavy atom. The van der Waals surface area contributed by atoms with Crippen molar-refractivity contribution in [2.75, 3.05) is 0 Å². The van der Waals surface area contributed by atoms with Gasteiger partial charge in [-0.05, 0) is 35.9 Å². The van der Waals surface area contributed by atoms with Gasteiger partial charge in [0.1, 0.15) is 18.0 Å². The third-order valence-electron chi connectivity index (χ3n) is 3.68. The molecule has 0 atom stereocenters. The number of carboxylic acid groups (broad SMARTS) is 1. The Morgan fingerprint density at radius 1 is 1.04 bits per heavy atom. The second kappa shape index (κ2) is 6.60. The van der Waals surface area contributed by atoms with Gasteiger partial charge >= 0.3 is 5.97 Å². The second-order valence-electron chi connectivity index (χ2n) is 5.54. The zero-order valence-corrected chi connectivity index (χ0v) is 13.3. The second-order valence-corrected chi connectivity index (χ2v) is 5.54. The van der Waals surface area contributed by atoms with E-state index in [0.29, 0.717) is 5.56 Å². The Morgan fingerprint density at radius 2 is 1.81 bits per heavy atom. The predicted octanol–water partition coefficient (Wildman–Crippen LogP) is 1.77. The van der Waals surface area contributed by atoms with Crippen molar-refractivity contribution in [3.8, 4) is 17.2 Å². The fourth-order valence-corrected chi connectivity index (χ4v) is 2.47. The van der Waals surface area contributed by atoms with Crippen LogP contribution in [0, 0.1) is 0 Å². The van der Waals surface area contributed by atoms with Crippen LogP contribution in [0.4, 0.5) is 0 Å². The van der Waals surface area contributed by atoms with Crippen LogP contribution in [-0.2, 0) is 11.3 Å². The van der Waals surface area contributed by atoms with Gasteiger partial charge in [0.05, 0.1) is 11.0 Å². The summed E-state index contributed by atoms with van der Waals surface area (Å²) in [6, 6.07) is 8.22. The molecule has 132 valence electrons. The van der Waals surface area contributed by atoms with E-state index in [1.807, 2.05) is 0 Å². The molecule has 0 radical (unpaired) electrons. The molecule has 0 unspecified atom stereocenters. The molecule has 0 aliphatic rings. The lowest BCUT2D eigenvalue weighted by molar-refractivity contribution is -0.137. The minimum Gasteiger partial charge on any atom is -0.508 e. The number of nitrogens with zero attached hydrogens (tertiary/aromatic N) is 2. The highest BCUT2D eigenvalue weighted by Gasteiger charge is 2.12. The van der Waals surface area contributed by atoms with Crippen molar-refractivity contribution in [1.82, 2.24) is 9.55 Å². The molecule has 0 fully saturated rings. The first-order chi connectivity index (χ1) is 12.3. The van der Waals surface area contributed by atoms with Crippen molar-refractivity contribution in [3.05, 3.63) is 58.0 Å². The molecule has 8 nitrogen and oxygen atoms in total. The molecule has 0 saturated heterocycles. The Balaban J connectivity index is 2.14. The van der Waals surface area contributed by atoms with E-state index in [0.717, 1.165) is 4.57 Å². The van der Waals surface area contributed by atoms with Gasteiger partial charge in [-0.2, -0.15) is 0 Å². The number of aromatic hydroxyl groups is 3. The smallest absolute Gasteiger partial charge is 0.323 e. The van der Waals surface area contributed by atoms with Crippen LogP contribution < -0.4 is 5.56 Å². The lowest BCUT2D eigenvalue weighted by Crippen LogP contribution is -2.27. The van der Waals surface area contributed by atoms with Crippen LogP contribution in [0.2, 0.25) is 0 Å². The van der Waals surface area contributed by atoms with Crippen LogP contribution in [0.15, 0.2) is 41.2 Å². The molecule has 4 N–H and O–H groups in total. The third-order valence-corrected chi connectivity index (χ3v) is 3.68. The Labute approximate surface area is 146 Å². The summed E-state index contributed by atoms with van der Waals surface area (Å²) >= 11 is 0. The number of phenols is 3. The minimum atomic E-state index is -1.19. The van der Waals surface area contributed by atoms with E-state index < -0.39 is 18.1 Å².